The molecule has 1 N–H and O–H groups in total. The van der Waals surface area contributed by atoms with Crippen molar-refractivity contribution in [1.82, 2.24) is 14.5 Å². The Balaban J connectivity index is 2.23. The zero-order valence-electron chi connectivity index (χ0n) is 12.3. The second-order valence-corrected chi connectivity index (χ2v) is 5.25. The maximum atomic E-state index is 12.1. The van der Waals surface area contributed by atoms with Gasteiger partial charge in [-0.05, 0) is 44.6 Å². The van der Waals surface area contributed by atoms with Gasteiger partial charge in [0.2, 0.25) is 5.91 Å². The van der Waals surface area contributed by atoms with Crippen LogP contribution < -0.4 is 0 Å². The summed E-state index contributed by atoms with van der Waals surface area (Å²) in [5.74, 6) is 0.180. The molecule has 108 valence electrons. The van der Waals surface area contributed by atoms with Crippen molar-refractivity contribution in [3.63, 3.8) is 0 Å². The monoisotopic (exact) mass is 291 g/mol. The van der Waals surface area contributed by atoms with E-state index in [-0.39, 0.29) is 5.91 Å². The number of nitrogens with zero attached hydrogens (tertiary/aromatic N) is 2. The predicted molar refractivity (Wildman–Crippen MR) is 84.4 cm³/mol. The van der Waals surface area contributed by atoms with E-state index in [0.29, 0.717) is 17.7 Å². The molecule has 0 fully saturated rings. The lowest BCUT2D eigenvalue weighted by Crippen LogP contribution is -2.31. The summed E-state index contributed by atoms with van der Waals surface area (Å²) in [6.45, 7) is 8.20. The SMILES string of the molecule is CCN(CC)C(=O)CCn1c(=S)[nH]c2c(C)cccc21. The molecule has 0 radical (unpaired) electrons. The molecule has 0 unspecified atom stereocenters. The highest BCUT2D eigenvalue weighted by Gasteiger charge is 2.11. The second kappa shape index (κ2) is 6.22. The van der Waals surface area contributed by atoms with Gasteiger partial charge in [0.1, 0.15) is 0 Å². The topological polar surface area (TPSA) is 41.0 Å². The summed E-state index contributed by atoms with van der Waals surface area (Å²) in [5.41, 5.74) is 3.30. The molecular formula is C15H21N3OS. The van der Waals surface area contributed by atoms with Crippen LogP contribution in [0.25, 0.3) is 11.0 Å². The Morgan fingerprint density at radius 3 is 2.70 bits per heavy atom. The number of aromatic nitrogens is 2. The number of rotatable bonds is 5. The number of para-hydroxylation sites is 1. The molecule has 0 spiro atoms. The molecule has 0 aliphatic carbocycles. The lowest BCUT2D eigenvalue weighted by Gasteiger charge is -2.18. The highest BCUT2D eigenvalue weighted by Crippen LogP contribution is 2.18. The summed E-state index contributed by atoms with van der Waals surface area (Å²) in [7, 11) is 0. The van der Waals surface area contributed by atoms with Crippen LogP contribution >= 0.6 is 12.2 Å². The number of benzene rings is 1. The van der Waals surface area contributed by atoms with Crippen molar-refractivity contribution in [2.24, 2.45) is 0 Å². The lowest BCUT2D eigenvalue weighted by atomic mass is 10.2. The van der Waals surface area contributed by atoms with Gasteiger partial charge in [0.15, 0.2) is 4.77 Å². The largest absolute Gasteiger partial charge is 0.343 e. The third kappa shape index (κ3) is 2.77. The van der Waals surface area contributed by atoms with Crippen molar-refractivity contribution in [2.75, 3.05) is 13.1 Å². The molecule has 0 saturated heterocycles. The average Bonchev–Trinajstić information content (AvgIpc) is 2.75. The molecule has 0 aliphatic heterocycles. The Morgan fingerprint density at radius 1 is 1.35 bits per heavy atom. The molecular weight excluding hydrogens is 270 g/mol. The van der Waals surface area contributed by atoms with Gasteiger partial charge in [-0.2, -0.15) is 0 Å². The second-order valence-electron chi connectivity index (χ2n) is 4.87. The minimum atomic E-state index is 0.180. The van der Waals surface area contributed by atoms with E-state index in [1.54, 1.807) is 0 Å². The average molecular weight is 291 g/mol. The van der Waals surface area contributed by atoms with Crippen molar-refractivity contribution in [2.45, 2.75) is 33.7 Å². The minimum absolute atomic E-state index is 0.180. The standard InChI is InChI=1S/C15H21N3OS/c1-4-17(5-2)13(19)9-10-18-12-8-6-7-11(3)14(12)16-15(18)20/h6-8H,4-5,9-10H2,1-3H3,(H,16,20). The Morgan fingerprint density at radius 2 is 2.05 bits per heavy atom. The number of hydrogen-bond acceptors (Lipinski definition) is 2. The lowest BCUT2D eigenvalue weighted by molar-refractivity contribution is -0.131. The Labute approximate surface area is 124 Å². The summed E-state index contributed by atoms with van der Waals surface area (Å²) in [4.78, 5) is 17.2. The van der Waals surface area contributed by atoms with E-state index in [4.69, 9.17) is 12.2 Å². The molecule has 1 aromatic heterocycles. The normalized spacial score (nSPS) is 10.9. The molecule has 0 saturated carbocycles. The summed E-state index contributed by atoms with van der Waals surface area (Å²) in [6.07, 6.45) is 0.483. The van der Waals surface area contributed by atoms with Crippen molar-refractivity contribution in [1.29, 1.82) is 0 Å². The fourth-order valence-electron chi connectivity index (χ4n) is 2.49. The fourth-order valence-corrected chi connectivity index (χ4v) is 2.78. The number of carbonyl (C=O) groups excluding carboxylic acids is 1. The molecule has 2 aromatic rings. The fraction of sp³-hybridized carbons (Fsp3) is 0.467. The van der Waals surface area contributed by atoms with Crippen LogP contribution in [0, 0.1) is 11.7 Å². The van der Waals surface area contributed by atoms with Gasteiger partial charge < -0.3 is 14.5 Å². The first-order chi connectivity index (χ1) is 9.58. The number of aromatic amines is 1. The van der Waals surface area contributed by atoms with E-state index >= 15 is 0 Å². The molecule has 0 aliphatic rings. The van der Waals surface area contributed by atoms with Gasteiger partial charge in [-0.15, -0.1) is 0 Å². The van der Waals surface area contributed by atoms with Crippen LogP contribution in [0.3, 0.4) is 0 Å². The minimum Gasteiger partial charge on any atom is -0.343 e. The van der Waals surface area contributed by atoms with Gasteiger partial charge in [-0.1, -0.05) is 12.1 Å². The van der Waals surface area contributed by atoms with Gasteiger partial charge >= 0.3 is 0 Å². The summed E-state index contributed by atoms with van der Waals surface area (Å²) < 4.78 is 2.70. The van der Waals surface area contributed by atoms with E-state index in [2.05, 4.69) is 18.0 Å². The van der Waals surface area contributed by atoms with Crippen LogP contribution in [0.1, 0.15) is 25.8 Å². The highest BCUT2D eigenvalue weighted by molar-refractivity contribution is 7.71. The van der Waals surface area contributed by atoms with Crippen molar-refractivity contribution in [3.05, 3.63) is 28.5 Å². The highest BCUT2D eigenvalue weighted by atomic mass is 32.1. The van der Waals surface area contributed by atoms with Crippen LogP contribution in [-0.2, 0) is 11.3 Å². The van der Waals surface area contributed by atoms with Crippen molar-refractivity contribution < 1.29 is 4.79 Å². The molecule has 2 rings (SSSR count). The van der Waals surface area contributed by atoms with Gasteiger partial charge in [-0.3, -0.25) is 4.79 Å². The van der Waals surface area contributed by atoms with Crippen LogP contribution in [-0.4, -0.2) is 33.4 Å². The Kier molecular flexibility index (Phi) is 4.60. The number of fused-ring (bicyclic) bond motifs is 1. The summed E-state index contributed by atoms with van der Waals surface area (Å²) >= 11 is 5.37. The number of aryl methyl sites for hydroxylation is 2. The van der Waals surface area contributed by atoms with E-state index in [0.717, 1.165) is 24.1 Å². The van der Waals surface area contributed by atoms with Gasteiger partial charge in [0.25, 0.3) is 0 Å². The van der Waals surface area contributed by atoms with Gasteiger partial charge in [-0.25, -0.2) is 0 Å². The maximum absolute atomic E-state index is 12.1. The van der Waals surface area contributed by atoms with Crippen molar-refractivity contribution in [3.8, 4) is 0 Å². The van der Waals surface area contributed by atoms with Crippen LogP contribution in [0.15, 0.2) is 18.2 Å². The van der Waals surface area contributed by atoms with Crippen LogP contribution in [0.4, 0.5) is 0 Å². The molecule has 1 amide bonds. The van der Waals surface area contributed by atoms with E-state index < -0.39 is 0 Å². The van der Waals surface area contributed by atoms with Crippen LogP contribution in [0.5, 0.6) is 0 Å². The first kappa shape index (κ1) is 14.8. The van der Waals surface area contributed by atoms with E-state index in [9.17, 15) is 4.79 Å². The number of carbonyl (C=O) groups is 1. The first-order valence-electron chi connectivity index (χ1n) is 7.04. The molecule has 5 heteroatoms. The van der Waals surface area contributed by atoms with Crippen molar-refractivity contribution >= 4 is 29.2 Å². The zero-order chi connectivity index (χ0) is 14.7. The van der Waals surface area contributed by atoms with Gasteiger partial charge in [0, 0.05) is 26.1 Å². The molecule has 4 nitrogen and oxygen atoms in total. The maximum Gasteiger partial charge on any atom is 0.224 e. The van der Waals surface area contributed by atoms with E-state index in [1.807, 2.05) is 35.4 Å². The molecule has 1 aromatic carbocycles. The number of H-pyrrole nitrogens is 1. The zero-order valence-corrected chi connectivity index (χ0v) is 13.1. The number of hydrogen-bond donors (Lipinski definition) is 1. The molecule has 0 bridgehead atoms. The molecule has 1 heterocycles. The van der Waals surface area contributed by atoms with E-state index in [1.165, 1.54) is 5.56 Å². The number of amides is 1. The third-order valence-electron chi connectivity index (χ3n) is 3.68. The third-order valence-corrected chi connectivity index (χ3v) is 4.01. The number of imidazole rings is 1. The number of nitrogens with one attached hydrogen (secondary N) is 1. The molecule has 20 heavy (non-hydrogen) atoms. The van der Waals surface area contributed by atoms with Crippen LogP contribution in [0.2, 0.25) is 0 Å². The van der Waals surface area contributed by atoms with Gasteiger partial charge in [0.05, 0.1) is 11.0 Å². The predicted octanol–water partition coefficient (Wildman–Crippen LogP) is 3.27. The Bertz CT molecular complexity index is 667. The quantitative estimate of drug-likeness (QED) is 0.859. The smallest absolute Gasteiger partial charge is 0.224 e. The summed E-state index contributed by atoms with van der Waals surface area (Å²) in [6, 6.07) is 6.11. The summed E-state index contributed by atoms with van der Waals surface area (Å²) in [5, 5.41) is 0. The first-order valence-corrected chi connectivity index (χ1v) is 7.45. The molecule has 0 atom stereocenters. The Hall–Kier alpha value is -1.62.